The van der Waals surface area contributed by atoms with Crippen LogP contribution in [0.15, 0.2) is 24.3 Å². The molecule has 0 spiro atoms. The van der Waals surface area contributed by atoms with Crippen molar-refractivity contribution < 1.29 is 0 Å². The molecule has 3 unspecified atom stereocenters. The molecule has 0 aromatic heterocycles. The molecule has 2 fully saturated rings. The zero-order chi connectivity index (χ0) is 13.9. The molecule has 0 amide bonds. The van der Waals surface area contributed by atoms with Gasteiger partial charge >= 0.3 is 0 Å². The number of rotatable bonds is 5. The summed E-state index contributed by atoms with van der Waals surface area (Å²) >= 11 is 0. The van der Waals surface area contributed by atoms with Crippen LogP contribution in [0.5, 0.6) is 0 Å². The number of hydrogen-bond donors (Lipinski definition) is 1. The summed E-state index contributed by atoms with van der Waals surface area (Å²) in [5.41, 5.74) is 2.79. The maximum Gasteiger partial charge on any atom is 0.0342 e. The second kappa shape index (κ2) is 6.20. The van der Waals surface area contributed by atoms with E-state index in [0.717, 1.165) is 11.8 Å². The van der Waals surface area contributed by atoms with Crippen molar-refractivity contribution in [3.05, 3.63) is 29.8 Å². The van der Waals surface area contributed by atoms with E-state index in [1.807, 2.05) is 0 Å². The van der Waals surface area contributed by atoms with Gasteiger partial charge in [-0.2, -0.15) is 0 Å². The second-order valence-electron chi connectivity index (χ2n) is 7.04. The van der Waals surface area contributed by atoms with Crippen molar-refractivity contribution >= 4 is 5.69 Å². The normalized spacial score (nSPS) is 28.1. The first-order chi connectivity index (χ1) is 9.76. The van der Waals surface area contributed by atoms with Gasteiger partial charge in [0.1, 0.15) is 0 Å². The third-order valence-corrected chi connectivity index (χ3v) is 5.47. The lowest BCUT2D eigenvalue weighted by Gasteiger charge is -2.30. The minimum atomic E-state index is 0.679. The standard InChI is InChI=1S/C19H29N/c1-3-14(2)15-9-11-18(12-10-15)20-19-6-4-5-17(13-19)16-7-8-16/h9-12,14,16-17,19-20H,3-8,13H2,1-2H3. The van der Waals surface area contributed by atoms with Crippen LogP contribution in [0.2, 0.25) is 0 Å². The maximum atomic E-state index is 3.78. The van der Waals surface area contributed by atoms with Crippen molar-refractivity contribution in [2.45, 2.75) is 70.8 Å². The Morgan fingerprint density at radius 1 is 1.05 bits per heavy atom. The minimum Gasteiger partial charge on any atom is -0.382 e. The summed E-state index contributed by atoms with van der Waals surface area (Å²) < 4.78 is 0. The highest BCUT2D eigenvalue weighted by Gasteiger charge is 2.34. The van der Waals surface area contributed by atoms with Crippen molar-refractivity contribution in [2.75, 3.05) is 5.32 Å². The van der Waals surface area contributed by atoms with Crippen LogP contribution < -0.4 is 5.32 Å². The predicted octanol–water partition coefficient (Wildman–Crippen LogP) is 5.58. The highest BCUT2D eigenvalue weighted by molar-refractivity contribution is 5.46. The highest BCUT2D eigenvalue weighted by Crippen LogP contribution is 2.44. The van der Waals surface area contributed by atoms with E-state index in [2.05, 4.69) is 43.4 Å². The van der Waals surface area contributed by atoms with E-state index >= 15 is 0 Å². The van der Waals surface area contributed by atoms with Crippen LogP contribution in [0.25, 0.3) is 0 Å². The molecule has 3 rings (SSSR count). The molecule has 20 heavy (non-hydrogen) atoms. The van der Waals surface area contributed by atoms with Crippen LogP contribution >= 0.6 is 0 Å². The molecule has 2 aliphatic rings. The van der Waals surface area contributed by atoms with E-state index in [1.165, 1.54) is 56.2 Å². The molecule has 0 aliphatic heterocycles. The number of benzene rings is 1. The van der Waals surface area contributed by atoms with Gasteiger partial charge in [-0.05, 0) is 67.6 Å². The Hall–Kier alpha value is -0.980. The number of hydrogen-bond acceptors (Lipinski definition) is 1. The van der Waals surface area contributed by atoms with Crippen LogP contribution in [-0.2, 0) is 0 Å². The van der Waals surface area contributed by atoms with E-state index in [1.54, 1.807) is 0 Å². The predicted molar refractivity (Wildman–Crippen MR) is 87.2 cm³/mol. The summed E-state index contributed by atoms with van der Waals surface area (Å²) in [5, 5.41) is 3.78. The van der Waals surface area contributed by atoms with E-state index in [9.17, 15) is 0 Å². The third-order valence-electron chi connectivity index (χ3n) is 5.47. The van der Waals surface area contributed by atoms with Gasteiger partial charge in [0.15, 0.2) is 0 Å². The molecular formula is C19H29N. The van der Waals surface area contributed by atoms with E-state index in [0.29, 0.717) is 12.0 Å². The van der Waals surface area contributed by atoms with E-state index in [4.69, 9.17) is 0 Å². The van der Waals surface area contributed by atoms with Gasteiger partial charge in [0.2, 0.25) is 0 Å². The van der Waals surface area contributed by atoms with Gasteiger partial charge in [0.25, 0.3) is 0 Å². The van der Waals surface area contributed by atoms with Crippen LogP contribution in [0, 0.1) is 11.8 Å². The van der Waals surface area contributed by atoms with Gasteiger partial charge in [-0.15, -0.1) is 0 Å². The lowest BCUT2D eigenvalue weighted by Crippen LogP contribution is -2.28. The summed E-state index contributed by atoms with van der Waals surface area (Å²) in [6, 6.07) is 9.88. The third kappa shape index (κ3) is 3.37. The Morgan fingerprint density at radius 3 is 2.45 bits per heavy atom. The molecule has 1 N–H and O–H groups in total. The molecule has 1 aromatic carbocycles. The average Bonchev–Trinajstić information content (AvgIpc) is 3.32. The molecule has 1 aromatic rings. The van der Waals surface area contributed by atoms with Gasteiger partial charge in [-0.3, -0.25) is 0 Å². The largest absolute Gasteiger partial charge is 0.382 e. The molecule has 1 heteroatoms. The Labute approximate surface area is 124 Å². The zero-order valence-electron chi connectivity index (χ0n) is 13.1. The monoisotopic (exact) mass is 271 g/mol. The molecule has 0 bridgehead atoms. The average molecular weight is 271 g/mol. The lowest BCUT2D eigenvalue weighted by atomic mass is 9.82. The van der Waals surface area contributed by atoms with Gasteiger partial charge < -0.3 is 5.32 Å². The molecule has 0 saturated heterocycles. The summed E-state index contributed by atoms with van der Waals surface area (Å²) in [5.74, 6) is 2.77. The van der Waals surface area contributed by atoms with Crippen molar-refractivity contribution in [1.29, 1.82) is 0 Å². The second-order valence-corrected chi connectivity index (χ2v) is 7.04. The topological polar surface area (TPSA) is 12.0 Å². The molecule has 0 radical (unpaired) electrons. The molecule has 2 aliphatic carbocycles. The van der Waals surface area contributed by atoms with Gasteiger partial charge in [0, 0.05) is 11.7 Å². The van der Waals surface area contributed by atoms with E-state index in [-0.39, 0.29) is 0 Å². The minimum absolute atomic E-state index is 0.679. The summed E-state index contributed by atoms with van der Waals surface area (Å²) in [4.78, 5) is 0. The van der Waals surface area contributed by atoms with Crippen molar-refractivity contribution in [1.82, 2.24) is 0 Å². The van der Waals surface area contributed by atoms with Gasteiger partial charge in [-0.1, -0.05) is 38.8 Å². The van der Waals surface area contributed by atoms with Crippen molar-refractivity contribution in [3.63, 3.8) is 0 Å². The number of nitrogens with one attached hydrogen (secondary N) is 1. The first kappa shape index (κ1) is 14.0. The van der Waals surface area contributed by atoms with Crippen LogP contribution in [-0.4, -0.2) is 6.04 Å². The smallest absolute Gasteiger partial charge is 0.0342 e. The fourth-order valence-electron chi connectivity index (χ4n) is 3.73. The summed E-state index contributed by atoms with van der Waals surface area (Å²) in [6.45, 7) is 4.57. The Kier molecular flexibility index (Phi) is 4.33. The Morgan fingerprint density at radius 2 is 1.80 bits per heavy atom. The quantitative estimate of drug-likeness (QED) is 0.737. The fraction of sp³-hybridized carbons (Fsp3) is 0.684. The zero-order valence-corrected chi connectivity index (χ0v) is 13.1. The molecule has 1 nitrogen and oxygen atoms in total. The Balaban J connectivity index is 1.56. The molecule has 110 valence electrons. The van der Waals surface area contributed by atoms with Crippen molar-refractivity contribution in [3.8, 4) is 0 Å². The molecule has 2 saturated carbocycles. The SMILES string of the molecule is CCC(C)c1ccc(NC2CCCC(C3CC3)C2)cc1. The molecule has 0 heterocycles. The first-order valence-corrected chi connectivity index (χ1v) is 8.62. The van der Waals surface area contributed by atoms with Gasteiger partial charge in [0.05, 0.1) is 0 Å². The van der Waals surface area contributed by atoms with Crippen LogP contribution in [0.1, 0.15) is 70.3 Å². The first-order valence-electron chi connectivity index (χ1n) is 8.62. The highest BCUT2D eigenvalue weighted by atomic mass is 14.9. The lowest BCUT2D eigenvalue weighted by molar-refractivity contribution is 0.303. The summed E-state index contributed by atoms with van der Waals surface area (Å²) in [6.07, 6.45) is 9.88. The van der Waals surface area contributed by atoms with Crippen LogP contribution in [0.3, 0.4) is 0 Å². The summed E-state index contributed by atoms with van der Waals surface area (Å²) in [7, 11) is 0. The van der Waals surface area contributed by atoms with Crippen LogP contribution in [0.4, 0.5) is 5.69 Å². The van der Waals surface area contributed by atoms with Gasteiger partial charge in [-0.25, -0.2) is 0 Å². The number of anilines is 1. The fourth-order valence-corrected chi connectivity index (χ4v) is 3.73. The molecular weight excluding hydrogens is 242 g/mol. The van der Waals surface area contributed by atoms with Crippen molar-refractivity contribution in [2.24, 2.45) is 11.8 Å². The molecule has 3 atom stereocenters. The Bertz CT molecular complexity index is 418. The van der Waals surface area contributed by atoms with E-state index < -0.39 is 0 Å². The maximum absolute atomic E-state index is 3.78.